The quantitative estimate of drug-likeness (QED) is 0.178. The van der Waals surface area contributed by atoms with Gasteiger partial charge in [0.25, 0.3) is 0 Å². The van der Waals surface area contributed by atoms with Gasteiger partial charge in [0.1, 0.15) is 8.07 Å². The molecule has 6 aromatic carbocycles. The van der Waals surface area contributed by atoms with E-state index in [1.54, 1.807) is 48.5 Å². The molecule has 6 nitrogen and oxygen atoms in total. The second kappa shape index (κ2) is 10.5. The molecule has 0 amide bonds. The summed E-state index contributed by atoms with van der Waals surface area (Å²) in [5.74, 6) is 0. The van der Waals surface area contributed by atoms with Crippen LogP contribution in [0.4, 0.5) is 34.1 Å². The fourth-order valence-electron chi connectivity index (χ4n) is 6.75. The van der Waals surface area contributed by atoms with Gasteiger partial charge in [-0.1, -0.05) is 96.3 Å². The van der Waals surface area contributed by atoms with Crippen LogP contribution in [0.2, 0.25) is 13.1 Å². The summed E-state index contributed by atoms with van der Waals surface area (Å²) in [7, 11) is -9.42. The first kappa shape index (κ1) is 29.4. The molecule has 2 aliphatic rings. The number of anilines is 6. The predicted octanol–water partition coefficient (Wildman–Crippen LogP) is 7.74. The van der Waals surface area contributed by atoms with Gasteiger partial charge in [0, 0.05) is 11.4 Å². The Kier molecular flexibility index (Phi) is 6.60. The maximum Gasteiger partial charge on any atom is 0.210 e. The van der Waals surface area contributed by atoms with Gasteiger partial charge >= 0.3 is 0 Å². The summed E-state index contributed by atoms with van der Waals surface area (Å²) >= 11 is 0. The fourth-order valence-corrected chi connectivity index (χ4v) is 12.3. The van der Waals surface area contributed by atoms with Crippen molar-refractivity contribution in [3.63, 3.8) is 0 Å². The van der Waals surface area contributed by atoms with E-state index in [-0.39, 0.29) is 0 Å². The van der Waals surface area contributed by atoms with Crippen molar-refractivity contribution in [2.45, 2.75) is 32.7 Å². The van der Waals surface area contributed by atoms with E-state index in [9.17, 15) is 16.8 Å². The number of sulfone groups is 2. The van der Waals surface area contributed by atoms with Gasteiger partial charge in [0.05, 0.1) is 42.3 Å². The van der Waals surface area contributed by atoms with Crippen LogP contribution in [0.5, 0.6) is 0 Å². The summed E-state index contributed by atoms with van der Waals surface area (Å²) in [6.45, 7) is 4.63. The van der Waals surface area contributed by atoms with Crippen LogP contribution in [-0.2, 0) is 19.7 Å². The van der Waals surface area contributed by atoms with Gasteiger partial charge in [-0.15, -0.1) is 0 Å². The van der Waals surface area contributed by atoms with Crippen molar-refractivity contribution in [2.75, 3.05) is 9.80 Å². The number of rotatable bonds is 4. The lowest BCUT2D eigenvalue weighted by atomic mass is 10.2. The number of hydrogen-bond donors (Lipinski definition) is 0. The van der Waals surface area contributed by atoms with Gasteiger partial charge in [0.2, 0.25) is 19.7 Å². The SMILES string of the molecule is C[Si](C)(c1ccc(N2c3ccccc3S(=O)(=O)c3ccccc32)cc1)c1ccc(N2c3ccccc3S(=O)(=O)c3ccccc32)cc1. The van der Waals surface area contributed by atoms with Crippen molar-refractivity contribution < 1.29 is 16.8 Å². The lowest BCUT2D eigenvalue weighted by Crippen LogP contribution is -2.52. The van der Waals surface area contributed by atoms with Crippen molar-refractivity contribution in [2.24, 2.45) is 0 Å². The lowest BCUT2D eigenvalue weighted by Gasteiger charge is -2.34. The average molecular weight is 671 g/mol. The van der Waals surface area contributed by atoms with E-state index in [0.29, 0.717) is 42.3 Å². The minimum absolute atomic E-state index is 0.300. The van der Waals surface area contributed by atoms with Crippen molar-refractivity contribution in [3.05, 3.63) is 146 Å². The minimum atomic E-state index is -3.63. The van der Waals surface area contributed by atoms with E-state index in [1.807, 2.05) is 58.3 Å². The summed E-state index contributed by atoms with van der Waals surface area (Å²) in [6, 6.07) is 45.5. The van der Waals surface area contributed by atoms with Gasteiger partial charge < -0.3 is 9.80 Å². The molecule has 2 heterocycles. The zero-order chi connectivity index (χ0) is 32.6. The van der Waals surface area contributed by atoms with Crippen molar-refractivity contribution in [1.29, 1.82) is 0 Å². The molecule has 0 unspecified atom stereocenters. The molecule has 0 saturated carbocycles. The van der Waals surface area contributed by atoms with Gasteiger partial charge in [-0.2, -0.15) is 0 Å². The third kappa shape index (κ3) is 4.41. The van der Waals surface area contributed by atoms with E-state index in [2.05, 4.69) is 61.6 Å². The summed E-state index contributed by atoms with van der Waals surface area (Å²) in [5, 5.41) is 2.47. The van der Waals surface area contributed by atoms with E-state index in [0.717, 1.165) is 11.4 Å². The molecule has 0 spiro atoms. The van der Waals surface area contributed by atoms with Crippen LogP contribution < -0.4 is 20.2 Å². The molecule has 0 aromatic heterocycles. The highest BCUT2D eigenvalue weighted by Gasteiger charge is 2.36. The molecule has 6 aromatic rings. The normalized spacial score (nSPS) is 15.6. The maximum absolute atomic E-state index is 13.4. The summed E-state index contributed by atoms with van der Waals surface area (Å²) < 4.78 is 53.8. The van der Waals surface area contributed by atoms with Crippen LogP contribution in [0.25, 0.3) is 0 Å². The van der Waals surface area contributed by atoms with Crippen molar-refractivity contribution in [1.82, 2.24) is 0 Å². The molecule has 47 heavy (non-hydrogen) atoms. The molecule has 0 radical (unpaired) electrons. The first-order chi connectivity index (χ1) is 22.6. The average Bonchev–Trinajstić information content (AvgIpc) is 3.09. The fraction of sp³-hybridized carbons (Fsp3) is 0.0526. The molecular weight excluding hydrogens is 641 g/mol. The third-order valence-electron chi connectivity index (χ3n) is 9.28. The topological polar surface area (TPSA) is 74.8 Å². The maximum atomic E-state index is 13.4. The predicted molar refractivity (Wildman–Crippen MR) is 190 cm³/mol. The van der Waals surface area contributed by atoms with E-state index < -0.39 is 27.7 Å². The Morgan fingerprint density at radius 2 is 0.638 bits per heavy atom. The van der Waals surface area contributed by atoms with Crippen molar-refractivity contribution >= 4 is 72.2 Å². The second-order valence-corrected chi connectivity index (χ2v) is 20.4. The van der Waals surface area contributed by atoms with Gasteiger partial charge in [-0.05, 0) is 72.8 Å². The molecule has 2 aliphatic heterocycles. The Balaban J connectivity index is 1.15. The molecule has 0 saturated heterocycles. The Labute approximate surface area is 276 Å². The second-order valence-electron chi connectivity index (χ2n) is 12.3. The highest BCUT2D eigenvalue weighted by atomic mass is 32.2. The molecule has 232 valence electrons. The van der Waals surface area contributed by atoms with E-state index in [1.165, 1.54) is 10.4 Å². The zero-order valence-corrected chi connectivity index (χ0v) is 28.3. The first-order valence-corrected chi connectivity index (χ1v) is 21.2. The molecule has 0 fully saturated rings. The monoisotopic (exact) mass is 670 g/mol. The summed E-state index contributed by atoms with van der Waals surface area (Å²) in [4.78, 5) is 5.24. The first-order valence-electron chi connectivity index (χ1n) is 15.3. The number of fused-ring (bicyclic) bond motifs is 4. The van der Waals surface area contributed by atoms with Crippen LogP contribution in [0.3, 0.4) is 0 Å². The number of hydrogen-bond acceptors (Lipinski definition) is 6. The van der Waals surface area contributed by atoms with Gasteiger partial charge in [-0.25, -0.2) is 16.8 Å². The molecule has 0 aliphatic carbocycles. The number of nitrogens with zero attached hydrogens (tertiary/aromatic N) is 2. The Morgan fingerprint density at radius 3 is 0.915 bits per heavy atom. The highest BCUT2D eigenvalue weighted by molar-refractivity contribution is 7.92. The summed E-state index contributed by atoms with van der Waals surface area (Å²) in [5.41, 5.74) is 4.33. The van der Waals surface area contributed by atoms with Crippen LogP contribution in [0.1, 0.15) is 0 Å². The van der Waals surface area contributed by atoms with Crippen LogP contribution >= 0.6 is 0 Å². The highest BCUT2D eigenvalue weighted by Crippen LogP contribution is 2.49. The Morgan fingerprint density at radius 1 is 0.383 bits per heavy atom. The number of benzene rings is 6. The summed E-state index contributed by atoms with van der Waals surface area (Å²) in [6.07, 6.45) is 0. The Bertz CT molecular complexity index is 2150. The third-order valence-corrected chi connectivity index (χ3v) is 16.5. The molecule has 0 bridgehead atoms. The Hall–Kier alpha value is -4.96. The minimum Gasteiger partial charge on any atom is -0.308 e. The van der Waals surface area contributed by atoms with Crippen LogP contribution in [-0.4, -0.2) is 24.9 Å². The van der Waals surface area contributed by atoms with Crippen molar-refractivity contribution in [3.8, 4) is 0 Å². The molecule has 0 atom stereocenters. The smallest absolute Gasteiger partial charge is 0.210 e. The van der Waals surface area contributed by atoms with Gasteiger partial charge in [-0.3, -0.25) is 0 Å². The van der Waals surface area contributed by atoms with Crippen LogP contribution in [0.15, 0.2) is 165 Å². The van der Waals surface area contributed by atoms with Crippen LogP contribution in [0, 0.1) is 0 Å². The van der Waals surface area contributed by atoms with E-state index in [4.69, 9.17) is 0 Å². The number of para-hydroxylation sites is 4. The zero-order valence-electron chi connectivity index (χ0n) is 25.7. The molecule has 9 heteroatoms. The standard InChI is InChI=1S/C38H30N2O4S2Si/c1-47(2,29-23-19-27(20-24-29)39-31-11-3-7-15-35(31)45(41,42)36-16-8-4-12-32(36)39)30-25-21-28(22-26-30)40-33-13-5-9-17-37(33)46(43,44)38-18-10-6-14-34(38)40/h3-26H,1-2H3. The molecular formula is C38H30N2O4S2Si. The largest absolute Gasteiger partial charge is 0.308 e. The molecule has 0 N–H and O–H groups in total. The molecule has 8 rings (SSSR count). The van der Waals surface area contributed by atoms with E-state index >= 15 is 0 Å². The lowest BCUT2D eigenvalue weighted by molar-refractivity contribution is 0.593. The van der Waals surface area contributed by atoms with Gasteiger partial charge in [0.15, 0.2) is 0 Å².